The quantitative estimate of drug-likeness (QED) is 0.0552. The number of hydrogen-bond donors (Lipinski definition) is 9. The second kappa shape index (κ2) is 15.0. The van der Waals surface area contributed by atoms with Gasteiger partial charge in [0.05, 0.1) is 18.9 Å². The van der Waals surface area contributed by atoms with E-state index < -0.39 is 78.4 Å². The highest BCUT2D eigenvalue weighted by Gasteiger charge is 2.32. The molecule has 14 N–H and O–H groups in total. The van der Waals surface area contributed by atoms with E-state index in [0.717, 1.165) is 0 Å². The van der Waals surface area contributed by atoms with Crippen molar-refractivity contribution >= 4 is 41.5 Å². The summed E-state index contributed by atoms with van der Waals surface area (Å²) in [6, 6.07) is -5.51. The minimum absolute atomic E-state index is 0.126. The van der Waals surface area contributed by atoms with Gasteiger partial charge in [-0.25, -0.2) is 4.79 Å². The molecule has 0 radical (unpaired) electrons. The molecule has 35 heavy (non-hydrogen) atoms. The minimum atomic E-state index is -1.58. The van der Waals surface area contributed by atoms with Gasteiger partial charge in [-0.05, 0) is 18.8 Å². The first-order chi connectivity index (χ1) is 16.1. The number of primary amides is 2. The number of guanidine groups is 1. The Bertz CT molecular complexity index is 827. The molecule has 16 nitrogen and oxygen atoms in total. The van der Waals surface area contributed by atoms with Crippen LogP contribution in [0.15, 0.2) is 4.99 Å². The first-order valence-corrected chi connectivity index (χ1v) is 10.7. The lowest BCUT2D eigenvalue weighted by molar-refractivity contribution is -0.143. The van der Waals surface area contributed by atoms with Gasteiger partial charge in [-0.3, -0.25) is 29.0 Å². The van der Waals surface area contributed by atoms with E-state index in [4.69, 9.17) is 28.7 Å². The lowest BCUT2D eigenvalue weighted by atomic mass is 10.0. The van der Waals surface area contributed by atoms with E-state index in [2.05, 4.69) is 20.9 Å². The van der Waals surface area contributed by atoms with Crippen LogP contribution in [0, 0.1) is 5.92 Å². The standard InChI is InChI=1S/C19H35N9O7/c1-8(2)14(18(34)35)28-17(33)11(7-13(22)30)27-16(32)10(6-12(21)29)26-15(31)9(20)4-3-5-25-19(23)24/h8-11,14H,3-7,20H2,1-2H3,(H2,21,29)(H2,22,30)(H,26,31)(H,27,32)(H,28,33)(H,34,35)(H4,23,24,25). The number of nitrogens with one attached hydrogen (secondary N) is 3. The maximum absolute atomic E-state index is 12.8. The number of hydrogen-bond acceptors (Lipinski definition) is 8. The van der Waals surface area contributed by atoms with Crippen molar-refractivity contribution < 1.29 is 33.9 Å². The van der Waals surface area contributed by atoms with E-state index in [1.807, 2.05) is 0 Å². The van der Waals surface area contributed by atoms with Crippen molar-refractivity contribution in [1.82, 2.24) is 16.0 Å². The minimum Gasteiger partial charge on any atom is -0.480 e. The molecule has 0 spiro atoms. The van der Waals surface area contributed by atoms with Crippen LogP contribution < -0.4 is 44.6 Å². The van der Waals surface area contributed by atoms with Crippen LogP contribution in [0.4, 0.5) is 0 Å². The zero-order valence-corrected chi connectivity index (χ0v) is 19.7. The van der Waals surface area contributed by atoms with Crippen molar-refractivity contribution in [3.8, 4) is 0 Å². The Hall–Kier alpha value is -3.95. The molecule has 5 amide bonds. The number of amides is 5. The zero-order valence-electron chi connectivity index (χ0n) is 19.7. The average molecular weight is 502 g/mol. The molecular weight excluding hydrogens is 466 g/mol. The molecule has 0 aliphatic heterocycles. The number of carboxylic acids is 1. The summed E-state index contributed by atoms with van der Waals surface area (Å²) in [6.07, 6.45) is -0.830. The van der Waals surface area contributed by atoms with Crippen LogP contribution in [-0.4, -0.2) is 77.3 Å². The number of carbonyl (C=O) groups is 6. The molecule has 0 aromatic heterocycles. The highest BCUT2D eigenvalue weighted by Crippen LogP contribution is 2.05. The van der Waals surface area contributed by atoms with Crippen LogP contribution in [0.3, 0.4) is 0 Å². The Morgan fingerprint density at radius 1 is 0.800 bits per heavy atom. The molecule has 4 atom stereocenters. The Balaban J connectivity index is 5.43. The van der Waals surface area contributed by atoms with Crippen LogP contribution in [0.1, 0.15) is 39.5 Å². The topological polar surface area (TPSA) is 301 Å². The predicted octanol–water partition coefficient (Wildman–Crippen LogP) is -4.69. The molecule has 0 fully saturated rings. The summed E-state index contributed by atoms with van der Waals surface area (Å²) in [5, 5.41) is 15.9. The fourth-order valence-electron chi connectivity index (χ4n) is 2.79. The Labute approximate surface area is 201 Å². The highest BCUT2D eigenvalue weighted by molar-refractivity contribution is 5.97. The van der Waals surface area contributed by atoms with Gasteiger partial charge in [0.25, 0.3) is 0 Å². The molecular formula is C19H35N9O7. The number of rotatable bonds is 16. The molecule has 0 aromatic carbocycles. The van der Waals surface area contributed by atoms with Crippen molar-refractivity contribution in [3.05, 3.63) is 0 Å². The van der Waals surface area contributed by atoms with E-state index in [9.17, 15) is 33.9 Å². The SMILES string of the molecule is CC(C)C(NC(=O)C(CC(N)=O)NC(=O)C(CC(N)=O)NC(=O)C(N)CCCN=C(N)N)C(=O)O. The number of carboxylic acid groups (broad SMARTS) is 1. The van der Waals surface area contributed by atoms with Gasteiger partial charge in [-0.1, -0.05) is 13.8 Å². The van der Waals surface area contributed by atoms with Gasteiger partial charge >= 0.3 is 5.97 Å². The third-order valence-electron chi connectivity index (χ3n) is 4.61. The van der Waals surface area contributed by atoms with Crippen LogP contribution in [0.25, 0.3) is 0 Å². The average Bonchev–Trinajstić information content (AvgIpc) is 2.72. The Morgan fingerprint density at radius 2 is 1.26 bits per heavy atom. The molecule has 0 aliphatic carbocycles. The highest BCUT2D eigenvalue weighted by atomic mass is 16.4. The van der Waals surface area contributed by atoms with Crippen LogP contribution >= 0.6 is 0 Å². The van der Waals surface area contributed by atoms with E-state index in [1.165, 1.54) is 0 Å². The van der Waals surface area contributed by atoms with Gasteiger partial charge in [0.1, 0.15) is 18.1 Å². The molecule has 0 saturated carbocycles. The number of carbonyl (C=O) groups excluding carboxylic acids is 5. The Kier molecular flexibility index (Phi) is 13.4. The van der Waals surface area contributed by atoms with Gasteiger partial charge in [0.15, 0.2) is 5.96 Å². The Morgan fingerprint density at radius 3 is 1.66 bits per heavy atom. The molecule has 0 aromatic rings. The summed E-state index contributed by atoms with van der Waals surface area (Å²) in [5.74, 6) is -6.73. The van der Waals surface area contributed by atoms with E-state index >= 15 is 0 Å². The zero-order chi connectivity index (χ0) is 27.3. The molecule has 0 rings (SSSR count). The summed E-state index contributed by atoms with van der Waals surface area (Å²) in [7, 11) is 0. The molecule has 198 valence electrons. The van der Waals surface area contributed by atoms with Crippen molar-refractivity contribution in [2.24, 2.45) is 39.6 Å². The number of aliphatic imine (C=N–C) groups is 1. The van der Waals surface area contributed by atoms with Crippen molar-refractivity contribution in [2.45, 2.75) is 63.7 Å². The molecule has 16 heteroatoms. The van der Waals surface area contributed by atoms with Gasteiger partial charge in [-0.2, -0.15) is 0 Å². The fraction of sp³-hybridized carbons (Fsp3) is 0.632. The molecule has 0 bridgehead atoms. The van der Waals surface area contributed by atoms with E-state index in [0.29, 0.717) is 6.42 Å². The monoisotopic (exact) mass is 501 g/mol. The summed E-state index contributed by atoms with van der Waals surface area (Å²) in [6.45, 7) is 3.30. The van der Waals surface area contributed by atoms with E-state index in [1.54, 1.807) is 13.8 Å². The smallest absolute Gasteiger partial charge is 0.326 e. The second-order valence-electron chi connectivity index (χ2n) is 8.09. The maximum Gasteiger partial charge on any atom is 0.326 e. The largest absolute Gasteiger partial charge is 0.480 e. The predicted molar refractivity (Wildman–Crippen MR) is 124 cm³/mol. The third-order valence-corrected chi connectivity index (χ3v) is 4.61. The molecule has 0 aliphatic rings. The summed E-state index contributed by atoms with van der Waals surface area (Å²) in [5.41, 5.74) is 26.5. The van der Waals surface area contributed by atoms with Crippen LogP contribution in [0.2, 0.25) is 0 Å². The van der Waals surface area contributed by atoms with Gasteiger partial charge < -0.3 is 49.7 Å². The normalized spacial score (nSPS) is 14.1. The van der Waals surface area contributed by atoms with Crippen molar-refractivity contribution in [2.75, 3.05) is 6.54 Å². The maximum atomic E-state index is 12.8. The summed E-state index contributed by atoms with van der Waals surface area (Å²) in [4.78, 5) is 75.7. The van der Waals surface area contributed by atoms with Crippen molar-refractivity contribution in [1.29, 1.82) is 0 Å². The fourth-order valence-corrected chi connectivity index (χ4v) is 2.79. The van der Waals surface area contributed by atoms with Gasteiger partial charge in [0, 0.05) is 6.54 Å². The van der Waals surface area contributed by atoms with E-state index in [-0.39, 0.29) is 18.9 Å². The third kappa shape index (κ3) is 12.8. The number of nitrogens with two attached hydrogens (primary N) is 5. The lowest BCUT2D eigenvalue weighted by Crippen LogP contribution is -2.58. The van der Waals surface area contributed by atoms with Gasteiger partial charge in [-0.15, -0.1) is 0 Å². The lowest BCUT2D eigenvalue weighted by Gasteiger charge is -2.25. The number of nitrogens with zero attached hydrogens (tertiary/aromatic N) is 1. The first-order valence-electron chi connectivity index (χ1n) is 10.7. The molecule has 4 unspecified atom stereocenters. The van der Waals surface area contributed by atoms with Crippen molar-refractivity contribution in [3.63, 3.8) is 0 Å². The molecule has 0 saturated heterocycles. The van der Waals surface area contributed by atoms with Crippen LogP contribution in [0.5, 0.6) is 0 Å². The first kappa shape index (κ1) is 31.0. The summed E-state index contributed by atoms with van der Waals surface area (Å²) >= 11 is 0. The molecule has 0 heterocycles. The number of aliphatic carboxylic acids is 1. The van der Waals surface area contributed by atoms with Gasteiger partial charge in [0.2, 0.25) is 29.5 Å². The summed E-state index contributed by atoms with van der Waals surface area (Å²) < 4.78 is 0. The second-order valence-corrected chi connectivity index (χ2v) is 8.09. The van der Waals surface area contributed by atoms with Crippen LogP contribution in [-0.2, 0) is 28.8 Å².